The van der Waals surface area contributed by atoms with E-state index in [2.05, 4.69) is 214 Å². The first kappa shape index (κ1) is 35.2. The van der Waals surface area contributed by atoms with Gasteiger partial charge in [0.1, 0.15) is 0 Å². The number of hydrogen-bond acceptors (Lipinski definition) is 3. The highest BCUT2D eigenvalue weighted by Crippen LogP contribution is 2.50. The minimum atomic E-state index is -0.181. The zero-order valence-corrected chi connectivity index (χ0v) is 33.9. The third kappa shape index (κ3) is 5.40. The summed E-state index contributed by atoms with van der Waals surface area (Å²) in [6.45, 7) is 4.65. The van der Waals surface area contributed by atoms with Gasteiger partial charge in [0.2, 0.25) is 0 Å². The van der Waals surface area contributed by atoms with E-state index in [0.29, 0.717) is 17.5 Å². The second kappa shape index (κ2) is 13.7. The molecule has 3 heteroatoms. The van der Waals surface area contributed by atoms with Gasteiger partial charge in [-0.05, 0) is 93.7 Å². The Kier molecular flexibility index (Phi) is 7.88. The molecule has 286 valence electrons. The molecule has 1 aromatic heterocycles. The van der Waals surface area contributed by atoms with Crippen LogP contribution in [-0.2, 0) is 5.41 Å². The fourth-order valence-corrected chi connectivity index (χ4v) is 10.1. The van der Waals surface area contributed by atoms with Gasteiger partial charge < -0.3 is 0 Å². The monoisotopic (exact) mass is 777 g/mol. The summed E-state index contributed by atoms with van der Waals surface area (Å²) in [5.74, 6) is 1.95. The van der Waals surface area contributed by atoms with Crippen LogP contribution in [-0.4, -0.2) is 15.0 Å². The zero-order chi connectivity index (χ0) is 40.7. The average Bonchev–Trinajstić information content (AvgIpc) is 3.55. The summed E-state index contributed by atoms with van der Waals surface area (Å²) in [5, 5.41) is 9.03. The number of hydrogen-bond donors (Lipinski definition) is 0. The van der Waals surface area contributed by atoms with Crippen LogP contribution >= 0.6 is 0 Å². The molecule has 0 unspecified atom stereocenters. The maximum atomic E-state index is 5.62. The Labute approximate surface area is 354 Å². The molecule has 0 N–H and O–H groups in total. The van der Waals surface area contributed by atoms with E-state index in [9.17, 15) is 0 Å². The van der Waals surface area contributed by atoms with Crippen molar-refractivity contribution in [1.29, 1.82) is 0 Å². The molecule has 1 aliphatic carbocycles. The van der Waals surface area contributed by atoms with Crippen LogP contribution in [0.2, 0.25) is 0 Å². The standard InChI is InChI=1S/C58H39N3/c1-58(2)49-32-18-17-23-39(49)40-34-33-38(35-50(40)58)55-59-56(53-45-28-13-9-24-41(45)51(36-19-5-3-6-20-36)42-25-10-14-29-46(42)53)61-57(60-55)54-47-30-15-11-26-43(47)52(37-21-7-4-8-22-37)44-27-12-16-31-48(44)54/h3-35H,1-2H3. The highest BCUT2D eigenvalue weighted by atomic mass is 15.0. The largest absolute Gasteiger partial charge is 0.208 e. The van der Waals surface area contributed by atoms with E-state index in [1.807, 2.05) is 0 Å². The van der Waals surface area contributed by atoms with Crippen LogP contribution in [0.25, 0.3) is 111 Å². The molecule has 0 amide bonds. The summed E-state index contributed by atoms with van der Waals surface area (Å²) < 4.78 is 0. The lowest BCUT2D eigenvalue weighted by Crippen LogP contribution is -2.15. The van der Waals surface area contributed by atoms with Crippen LogP contribution in [0.15, 0.2) is 200 Å². The molecule has 0 spiro atoms. The van der Waals surface area contributed by atoms with Crippen molar-refractivity contribution in [2.75, 3.05) is 0 Å². The molecule has 0 fully saturated rings. The molecule has 0 saturated carbocycles. The average molecular weight is 778 g/mol. The Bertz CT molecular complexity index is 3260. The molecule has 61 heavy (non-hydrogen) atoms. The number of fused-ring (bicyclic) bond motifs is 7. The Hall–Kier alpha value is -7.75. The number of benzene rings is 10. The summed E-state index contributed by atoms with van der Waals surface area (Å²) in [6.07, 6.45) is 0. The van der Waals surface area contributed by atoms with E-state index in [1.54, 1.807) is 0 Å². The summed E-state index contributed by atoms with van der Waals surface area (Å²) in [7, 11) is 0. The highest BCUT2D eigenvalue weighted by molar-refractivity contribution is 6.22. The zero-order valence-electron chi connectivity index (χ0n) is 33.9. The van der Waals surface area contributed by atoms with E-state index in [0.717, 1.165) is 59.8 Å². The number of aromatic nitrogens is 3. The molecule has 0 aliphatic heterocycles. The van der Waals surface area contributed by atoms with Crippen molar-refractivity contribution < 1.29 is 0 Å². The van der Waals surface area contributed by atoms with Crippen LogP contribution in [0.1, 0.15) is 25.0 Å². The van der Waals surface area contributed by atoms with E-state index >= 15 is 0 Å². The summed E-state index contributed by atoms with van der Waals surface area (Å²) in [6, 6.07) is 71.9. The van der Waals surface area contributed by atoms with E-state index in [-0.39, 0.29) is 5.41 Å². The molecular formula is C58H39N3. The van der Waals surface area contributed by atoms with Crippen LogP contribution in [0.4, 0.5) is 0 Å². The maximum absolute atomic E-state index is 5.62. The smallest absolute Gasteiger partial charge is 0.165 e. The van der Waals surface area contributed by atoms with Gasteiger partial charge in [-0.3, -0.25) is 0 Å². The topological polar surface area (TPSA) is 38.7 Å². The lowest BCUT2D eigenvalue weighted by molar-refractivity contribution is 0.660. The summed E-state index contributed by atoms with van der Waals surface area (Å²) in [5.41, 5.74) is 12.7. The van der Waals surface area contributed by atoms with Crippen LogP contribution in [0.3, 0.4) is 0 Å². The maximum Gasteiger partial charge on any atom is 0.165 e. The minimum absolute atomic E-state index is 0.181. The van der Waals surface area contributed by atoms with Crippen molar-refractivity contribution in [3.63, 3.8) is 0 Å². The molecule has 0 saturated heterocycles. The van der Waals surface area contributed by atoms with Crippen LogP contribution < -0.4 is 0 Å². The molecule has 3 nitrogen and oxygen atoms in total. The molecule has 0 bridgehead atoms. The van der Waals surface area contributed by atoms with Crippen molar-refractivity contribution in [2.45, 2.75) is 19.3 Å². The van der Waals surface area contributed by atoms with Crippen molar-refractivity contribution in [3.8, 4) is 67.5 Å². The van der Waals surface area contributed by atoms with Gasteiger partial charge >= 0.3 is 0 Å². The third-order valence-electron chi connectivity index (χ3n) is 12.9. The number of rotatable bonds is 5. The van der Waals surface area contributed by atoms with Crippen LogP contribution in [0.5, 0.6) is 0 Å². The van der Waals surface area contributed by atoms with Crippen molar-refractivity contribution in [1.82, 2.24) is 15.0 Å². The van der Waals surface area contributed by atoms with Crippen molar-refractivity contribution in [2.24, 2.45) is 0 Å². The predicted octanol–water partition coefficient (Wildman–Crippen LogP) is 15.1. The van der Waals surface area contributed by atoms with E-state index in [1.165, 1.54) is 44.5 Å². The lowest BCUT2D eigenvalue weighted by Gasteiger charge is -2.22. The molecule has 1 aliphatic rings. The Morgan fingerprint density at radius 2 is 0.623 bits per heavy atom. The molecule has 11 aromatic rings. The fraction of sp³-hybridized carbons (Fsp3) is 0.0517. The van der Waals surface area contributed by atoms with Crippen molar-refractivity contribution >= 4 is 43.1 Å². The molecule has 0 radical (unpaired) electrons. The van der Waals surface area contributed by atoms with Crippen LogP contribution in [0, 0.1) is 0 Å². The SMILES string of the molecule is CC1(C)c2ccccc2-c2ccc(-c3nc(-c4c5ccccc5c(-c5ccccc5)c5ccccc45)nc(-c4c5ccccc5c(-c5ccccc5)c5ccccc45)n3)cc21. The Morgan fingerprint density at radius 1 is 0.279 bits per heavy atom. The minimum Gasteiger partial charge on any atom is -0.208 e. The van der Waals surface area contributed by atoms with Gasteiger partial charge in [0.25, 0.3) is 0 Å². The Balaban J connectivity index is 1.20. The van der Waals surface area contributed by atoms with Gasteiger partial charge in [-0.2, -0.15) is 0 Å². The number of nitrogens with zero attached hydrogens (tertiary/aromatic N) is 3. The normalized spacial score (nSPS) is 12.9. The summed E-state index contributed by atoms with van der Waals surface area (Å²) in [4.78, 5) is 16.7. The third-order valence-corrected chi connectivity index (χ3v) is 12.9. The second-order valence-corrected chi connectivity index (χ2v) is 16.7. The van der Waals surface area contributed by atoms with Gasteiger partial charge in [0.15, 0.2) is 17.5 Å². The fourth-order valence-electron chi connectivity index (χ4n) is 10.1. The first-order valence-electron chi connectivity index (χ1n) is 21.0. The van der Waals surface area contributed by atoms with Gasteiger partial charge in [0.05, 0.1) is 0 Å². The Morgan fingerprint density at radius 3 is 1.07 bits per heavy atom. The highest BCUT2D eigenvalue weighted by Gasteiger charge is 2.35. The van der Waals surface area contributed by atoms with Gasteiger partial charge in [-0.1, -0.05) is 208 Å². The van der Waals surface area contributed by atoms with Gasteiger partial charge in [-0.25, -0.2) is 15.0 Å². The van der Waals surface area contributed by atoms with Crippen molar-refractivity contribution in [3.05, 3.63) is 211 Å². The quantitative estimate of drug-likeness (QED) is 0.163. The summed E-state index contributed by atoms with van der Waals surface area (Å²) >= 11 is 0. The molecule has 1 heterocycles. The molecular weight excluding hydrogens is 739 g/mol. The second-order valence-electron chi connectivity index (χ2n) is 16.7. The molecule has 12 rings (SSSR count). The van der Waals surface area contributed by atoms with Gasteiger partial charge in [-0.15, -0.1) is 0 Å². The molecule has 10 aromatic carbocycles. The van der Waals surface area contributed by atoms with E-state index in [4.69, 9.17) is 15.0 Å². The lowest BCUT2D eigenvalue weighted by atomic mass is 9.82. The predicted molar refractivity (Wildman–Crippen MR) is 255 cm³/mol. The van der Waals surface area contributed by atoms with Gasteiger partial charge in [0, 0.05) is 22.1 Å². The first-order chi connectivity index (χ1) is 30.0. The molecule has 0 atom stereocenters. The first-order valence-corrected chi connectivity index (χ1v) is 21.0. The van der Waals surface area contributed by atoms with E-state index < -0.39 is 0 Å².